The largest absolute Gasteiger partial charge is 0.478 e. The number of aromatic carboxylic acids is 1. The molecule has 3 heterocycles. The van der Waals surface area contributed by atoms with Crippen LogP contribution in [0.5, 0.6) is 5.88 Å². The van der Waals surface area contributed by atoms with E-state index in [1.807, 2.05) is 19.9 Å². The van der Waals surface area contributed by atoms with Gasteiger partial charge in [-0.25, -0.2) is 14.3 Å². The average Bonchev–Trinajstić information content (AvgIpc) is 3.56. The number of esters is 1. The number of nitrogens with two attached hydrogens (primary N) is 1. The normalized spacial score (nSPS) is 14.4. The van der Waals surface area contributed by atoms with Gasteiger partial charge in [0.15, 0.2) is 0 Å². The number of hydrogen-bond donors (Lipinski definition) is 2. The van der Waals surface area contributed by atoms with E-state index in [9.17, 15) is 20.0 Å². The zero-order valence-corrected chi connectivity index (χ0v) is 22.0. The van der Waals surface area contributed by atoms with Gasteiger partial charge in [0.2, 0.25) is 11.8 Å². The van der Waals surface area contributed by atoms with E-state index in [1.54, 1.807) is 49.4 Å². The molecule has 2 aromatic heterocycles. The number of benzene rings is 2. The zero-order valence-electron chi connectivity index (χ0n) is 22.0. The van der Waals surface area contributed by atoms with Gasteiger partial charge < -0.3 is 24.7 Å². The van der Waals surface area contributed by atoms with E-state index in [1.165, 1.54) is 16.8 Å². The number of allylic oxidation sites excluding steroid dienone is 1. The second-order valence-electron chi connectivity index (χ2n) is 9.77. The van der Waals surface area contributed by atoms with E-state index in [2.05, 4.69) is 11.2 Å². The van der Waals surface area contributed by atoms with Crippen molar-refractivity contribution < 1.29 is 28.6 Å². The van der Waals surface area contributed by atoms with Crippen LogP contribution in [0.1, 0.15) is 57.5 Å². The van der Waals surface area contributed by atoms with Crippen LogP contribution in [0.2, 0.25) is 0 Å². The van der Waals surface area contributed by atoms with Crippen molar-refractivity contribution in [3.8, 4) is 29.0 Å². The molecule has 0 bridgehead atoms. The van der Waals surface area contributed by atoms with Gasteiger partial charge in [0.05, 0.1) is 40.6 Å². The lowest BCUT2D eigenvalue weighted by atomic mass is 9.88. The van der Waals surface area contributed by atoms with Crippen molar-refractivity contribution in [2.24, 2.45) is 11.7 Å². The predicted octanol–water partition coefficient (Wildman–Crippen LogP) is 5.17. The lowest BCUT2D eigenvalue weighted by Crippen LogP contribution is -2.21. The molecule has 0 aliphatic carbocycles. The number of carboxylic acid groups (broad SMARTS) is 1. The highest BCUT2D eigenvalue weighted by Crippen LogP contribution is 2.45. The number of rotatable bonds is 7. The molecule has 0 unspecified atom stereocenters. The monoisotopic (exact) mass is 538 g/mol. The molecule has 40 heavy (non-hydrogen) atoms. The van der Waals surface area contributed by atoms with Crippen molar-refractivity contribution >= 4 is 11.9 Å². The summed E-state index contributed by atoms with van der Waals surface area (Å²) in [5.74, 6) is -0.951. The van der Waals surface area contributed by atoms with E-state index in [0.717, 1.165) is 0 Å². The van der Waals surface area contributed by atoms with Crippen LogP contribution in [0.4, 0.5) is 0 Å². The summed E-state index contributed by atoms with van der Waals surface area (Å²) in [6, 6.07) is 18.8. The number of furan rings is 1. The zero-order chi connectivity index (χ0) is 28.6. The minimum absolute atomic E-state index is 0.0824. The minimum Gasteiger partial charge on any atom is -0.478 e. The average molecular weight is 539 g/mol. The summed E-state index contributed by atoms with van der Waals surface area (Å²) in [5, 5.41) is 24.0. The number of carbonyl (C=O) groups excluding carboxylic acids is 1. The molecule has 0 saturated carbocycles. The maximum absolute atomic E-state index is 12.5. The molecular weight excluding hydrogens is 512 g/mol. The van der Waals surface area contributed by atoms with Crippen molar-refractivity contribution in [3.63, 3.8) is 0 Å². The van der Waals surface area contributed by atoms with Crippen LogP contribution in [0.3, 0.4) is 0 Å². The van der Waals surface area contributed by atoms with Crippen molar-refractivity contribution in [2.45, 2.75) is 26.7 Å². The van der Waals surface area contributed by atoms with E-state index < -0.39 is 17.9 Å². The maximum atomic E-state index is 12.5. The Hall–Kier alpha value is -5.30. The molecular formula is C30H26N4O6. The first-order valence-corrected chi connectivity index (χ1v) is 12.6. The van der Waals surface area contributed by atoms with Crippen molar-refractivity contribution in [1.29, 1.82) is 5.26 Å². The third-order valence-corrected chi connectivity index (χ3v) is 6.41. The molecule has 3 N–H and O–H groups in total. The van der Waals surface area contributed by atoms with Crippen LogP contribution in [-0.4, -0.2) is 33.4 Å². The second-order valence-corrected chi connectivity index (χ2v) is 9.77. The van der Waals surface area contributed by atoms with E-state index in [0.29, 0.717) is 46.2 Å². The molecule has 0 amide bonds. The van der Waals surface area contributed by atoms with Crippen LogP contribution >= 0.6 is 0 Å². The van der Waals surface area contributed by atoms with Gasteiger partial charge in [0.1, 0.15) is 23.2 Å². The molecule has 0 spiro atoms. The number of hydrogen-bond acceptors (Lipinski definition) is 8. The second kappa shape index (κ2) is 10.5. The standard InChI is InChI=1S/C30H26N4O6/c1-16(2)15-38-30(37)20-8-4-6-18(12-20)23-10-11-24(39-23)26-22(14-31)27(32)40-28-25(26)17(3)33-34(28)21-9-5-7-19(13-21)29(35)36/h4-13,16,26H,15,32H2,1-3H3,(H,35,36)/t26-/m1/s1. The van der Waals surface area contributed by atoms with Gasteiger partial charge in [0.25, 0.3) is 0 Å². The highest BCUT2D eigenvalue weighted by Gasteiger charge is 2.38. The fourth-order valence-electron chi connectivity index (χ4n) is 4.53. The first-order valence-electron chi connectivity index (χ1n) is 12.6. The summed E-state index contributed by atoms with van der Waals surface area (Å²) in [5.41, 5.74) is 9.06. The van der Waals surface area contributed by atoms with Gasteiger partial charge >= 0.3 is 11.9 Å². The van der Waals surface area contributed by atoms with Crippen LogP contribution < -0.4 is 10.5 Å². The topological polar surface area (TPSA) is 154 Å². The highest BCUT2D eigenvalue weighted by atomic mass is 16.5. The Morgan fingerprint density at radius 2 is 1.90 bits per heavy atom. The van der Waals surface area contributed by atoms with Crippen LogP contribution in [0.25, 0.3) is 17.0 Å². The summed E-state index contributed by atoms with van der Waals surface area (Å²) in [7, 11) is 0. The van der Waals surface area contributed by atoms with Gasteiger partial charge in [-0.3, -0.25) is 0 Å². The molecule has 0 radical (unpaired) electrons. The highest BCUT2D eigenvalue weighted by molar-refractivity contribution is 5.91. The molecule has 4 aromatic rings. The van der Waals surface area contributed by atoms with E-state index in [4.69, 9.17) is 19.6 Å². The Kier molecular flexibility index (Phi) is 6.88. The Bertz CT molecular complexity index is 1700. The lowest BCUT2D eigenvalue weighted by molar-refractivity contribution is 0.0458. The quantitative estimate of drug-likeness (QED) is 0.303. The van der Waals surface area contributed by atoms with Gasteiger partial charge in [-0.2, -0.15) is 10.4 Å². The molecule has 1 aliphatic rings. The van der Waals surface area contributed by atoms with E-state index >= 15 is 0 Å². The number of nitriles is 1. The Labute approximate surface area is 229 Å². The smallest absolute Gasteiger partial charge is 0.338 e. The first-order chi connectivity index (χ1) is 19.2. The van der Waals surface area contributed by atoms with E-state index in [-0.39, 0.29) is 28.8 Å². The molecule has 10 heteroatoms. The summed E-state index contributed by atoms with van der Waals surface area (Å²) in [6.07, 6.45) is 0. The molecule has 0 fully saturated rings. The SMILES string of the molecule is Cc1nn(-c2cccc(C(=O)O)c2)c2c1[C@@H](c1ccc(-c3cccc(C(=O)OCC(C)C)c3)o1)C(C#N)=C(N)O2. The maximum Gasteiger partial charge on any atom is 0.338 e. The number of carbonyl (C=O) groups is 2. The molecule has 0 saturated heterocycles. The summed E-state index contributed by atoms with van der Waals surface area (Å²) in [4.78, 5) is 24.0. The van der Waals surface area contributed by atoms with Crippen LogP contribution in [0.15, 0.2) is 76.5 Å². The Balaban J connectivity index is 1.55. The number of aryl methyl sites for hydroxylation is 1. The summed E-state index contributed by atoms with van der Waals surface area (Å²) in [6.45, 7) is 6.01. The number of aromatic nitrogens is 2. The van der Waals surface area contributed by atoms with Gasteiger partial charge in [0, 0.05) is 5.56 Å². The molecule has 2 aromatic carbocycles. The predicted molar refractivity (Wildman–Crippen MR) is 144 cm³/mol. The Morgan fingerprint density at radius 1 is 1.15 bits per heavy atom. The van der Waals surface area contributed by atoms with Crippen LogP contribution in [0, 0.1) is 24.2 Å². The Morgan fingerprint density at radius 3 is 2.62 bits per heavy atom. The number of carboxylic acids is 1. The van der Waals surface area contributed by atoms with Gasteiger partial charge in [-0.15, -0.1) is 0 Å². The third-order valence-electron chi connectivity index (χ3n) is 6.41. The van der Waals surface area contributed by atoms with Crippen molar-refractivity contribution in [2.75, 3.05) is 6.61 Å². The number of ether oxygens (including phenoxy) is 2. The molecule has 5 rings (SSSR count). The fourth-order valence-corrected chi connectivity index (χ4v) is 4.53. The first kappa shape index (κ1) is 26.3. The van der Waals surface area contributed by atoms with Crippen molar-refractivity contribution in [3.05, 3.63) is 100 Å². The van der Waals surface area contributed by atoms with Gasteiger partial charge in [-0.05, 0) is 55.3 Å². The molecule has 10 nitrogen and oxygen atoms in total. The summed E-state index contributed by atoms with van der Waals surface area (Å²) < 4.78 is 18.9. The minimum atomic E-state index is -1.08. The number of fused-ring (bicyclic) bond motifs is 1. The summed E-state index contributed by atoms with van der Waals surface area (Å²) >= 11 is 0. The molecule has 202 valence electrons. The third kappa shape index (κ3) is 4.80. The lowest BCUT2D eigenvalue weighted by Gasteiger charge is -2.23. The van der Waals surface area contributed by atoms with Gasteiger partial charge in [-0.1, -0.05) is 32.0 Å². The van der Waals surface area contributed by atoms with Crippen LogP contribution in [-0.2, 0) is 4.74 Å². The fraction of sp³-hybridized carbons (Fsp3) is 0.200. The number of nitrogens with zero attached hydrogens (tertiary/aromatic N) is 3. The molecule has 1 atom stereocenters. The van der Waals surface area contributed by atoms with Crippen molar-refractivity contribution in [1.82, 2.24) is 9.78 Å². The molecule has 1 aliphatic heterocycles.